The van der Waals surface area contributed by atoms with Crippen LogP contribution < -0.4 is 4.74 Å². The highest BCUT2D eigenvalue weighted by molar-refractivity contribution is 7.87. The Bertz CT molecular complexity index is 2000. The van der Waals surface area contributed by atoms with Gasteiger partial charge in [-0.15, -0.1) is 0 Å². The van der Waals surface area contributed by atoms with Gasteiger partial charge in [0.2, 0.25) is 0 Å². The molecule has 0 N–H and O–H groups in total. The summed E-state index contributed by atoms with van der Waals surface area (Å²) in [5, 5.41) is 1.41. The minimum absolute atomic E-state index is 0.0629. The zero-order valence-electron chi connectivity index (χ0n) is 24.9. The molecule has 2 atom stereocenters. The van der Waals surface area contributed by atoms with E-state index in [-0.39, 0.29) is 63.1 Å². The molecule has 2 unspecified atom stereocenters. The molecule has 0 bridgehead atoms. The number of halogens is 2. The van der Waals surface area contributed by atoms with Gasteiger partial charge in [-0.2, -0.15) is 16.8 Å². The molecule has 14 heteroatoms. The zero-order valence-corrected chi connectivity index (χ0v) is 28.0. The SMILES string of the molecule is O=C(c1ccc(Oc2cc3ccc(S(=O)(=O)OCC4CCCO4)cc3cc2S(=O)(=O)OCC2CCCO2)cc1)c1cc(Cl)ccc1Cl. The molecule has 0 saturated carbocycles. The first-order chi connectivity index (χ1) is 22.5. The first-order valence-corrected chi connectivity index (χ1v) is 18.4. The van der Waals surface area contributed by atoms with E-state index in [0.717, 1.165) is 12.8 Å². The molecule has 2 aliphatic heterocycles. The molecule has 248 valence electrons. The highest BCUT2D eigenvalue weighted by Gasteiger charge is 2.27. The number of benzene rings is 4. The number of fused-ring (bicyclic) bond motifs is 1. The summed E-state index contributed by atoms with van der Waals surface area (Å²) in [5.41, 5.74) is 0.543. The Labute approximate surface area is 282 Å². The van der Waals surface area contributed by atoms with Gasteiger partial charge in [-0.05, 0) is 103 Å². The molecule has 4 aromatic rings. The molecule has 47 heavy (non-hydrogen) atoms. The van der Waals surface area contributed by atoms with Crippen LogP contribution in [0.5, 0.6) is 11.5 Å². The van der Waals surface area contributed by atoms with E-state index in [2.05, 4.69) is 0 Å². The van der Waals surface area contributed by atoms with Crippen LogP contribution in [-0.4, -0.2) is 61.3 Å². The van der Waals surface area contributed by atoms with Crippen molar-refractivity contribution in [2.75, 3.05) is 26.4 Å². The third-order valence-electron chi connectivity index (χ3n) is 7.82. The fourth-order valence-electron chi connectivity index (χ4n) is 5.31. The van der Waals surface area contributed by atoms with Crippen molar-refractivity contribution in [3.8, 4) is 11.5 Å². The monoisotopic (exact) mass is 720 g/mol. The van der Waals surface area contributed by atoms with Crippen LogP contribution in [-0.2, 0) is 38.1 Å². The van der Waals surface area contributed by atoms with E-state index in [1.807, 2.05) is 0 Å². The van der Waals surface area contributed by atoms with Crippen LogP contribution in [0, 0.1) is 0 Å². The zero-order chi connectivity index (χ0) is 33.2. The van der Waals surface area contributed by atoms with Gasteiger partial charge in [-0.3, -0.25) is 13.2 Å². The van der Waals surface area contributed by atoms with E-state index >= 15 is 0 Å². The number of rotatable bonds is 12. The third kappa shape index (κ3) is 7.98. The second kappa shape index (κ2) is 14.2. The van der Waals surface area contributed by atoms with E-state index in [1.165, 1.54) is 66.7 Å². The van der Waals surface area contributed by atoms with Crippen molar-refractivity contribution in [1.29, 1.82) is 0 Å². The van der Waals surface area contributed by atoms with Crippen LogP contribution in [0.4, 0.5) is 0 Å². The lowest BCUT2D eigenvalue weighted by Gasteiger charge is -2.16. The summed E-state index contributed by atoms with van der Waals surface area (Å²) in [7, 11) is -8.57. The summed E-state index contributed by atoms with van der Waals surface area (Å²) in [6, 6.07) is 17.7. The van der Waals surface area contributed by atoms with E-state index in [1.54, 1.807) is 6.07 Å². The molecule has 4 aromatic carbocycles. The molecule has 0 aromatic heterocycles. The van der Waals surface area contributed by atoms with Crippen molar-refractivity contribution in [2.24, 2.45) is 0 Å². The summed E-state index contributed by atoms with van der Waals surface area (Å²) in [5.74, 6) is -0.187. The second-order valence-corrected chi connectivity index (χ2v) is 15.2. The average Bonchev–Trinajstić information content (AvgIpc) is 3.79. The third-order valence-corrected chi connectivity index (χ3v) is 11.0. The fourth-order valence-corrected chi connectivity index (χ4v) is 7.73. The maximum Gasteiger partial charge on any atom is 0.300 e. The summed E-state index contributed by atoms with van der Waals surface area (Å²) in [6.07, 6.45) is 2.33. The number of hydrogen-bond acceptors (Lipinski definition) is 10. The Balaban J connectivity index is 1.31. The largest absolute Gasteiger partial charge is 0.456 e. The van der Waals surface area contributed by atoms with Crippen LogP contribution in [0.15, 0.2) is 82.6 Å². The van der Waals surface area contributed by atoms with Gasteiger partial charge in [0.1, 0.15) is 16.4 Å². The standard InChI is InChI=1S/C33H30Cl2O10S2/c34-24-8-12-30(35)29(18-24)33(36)21-5-9-25(10-6-21)45-31-16-22-7-11-28(46(37,38)43-19-26-3-1-13-41-26)15-23(22)17-32(31)47(39,40)44-20-27-4-2-14-42-27/h5-12,15-18,26-27H,1-4,13-14,19-20H2. The van der Waals surface area contributed by atoms with Crippen molar-refractivity contribution < 1.29 is 44.2 Å². The predicted octanol–water partition coefficient (Wildman–Crippen LogP) is 6.94. The Morgan fingerprint density at radius 2 is 1.40 bits per heavy atom. The Kier molecular flexibility index (Phi) is 10.2. The van der Waals surface area contributed by atoms with Crippen molar-refractivity contribution in [1.82, 2.24) is 0 Å². The maximum atomic E-state index is 13.6. The molecule has 0 amide bonds. The minimum atomic E-state index is -4.41. The van der Waals surface area contributed by atoms with Crippen LogP contribution in [0.3, 0.4) is 0 Å². The minimum Gasteiger partial charge on any atom is -0.456 e. The van der Waals surface area contributed by atoms with Gasteiger partial charge in [-0.1, -0.05) is 29.3 Å². The summed E-state index contributed by atoms with van der Waals surface area (Å²) >= 11 is 12.3. The van der Waals surface area contributed by atoms with Gasteiger partial charge in [0.05, 0.1) is 35.3 Å². The van der Waals surface area contributed by atoms with E-state index in [9.17, 15) is 21.6 Å². The lowest BCUT2D eigenvalue weighted by Crippen LogP contribution is -2.18. The molecule has 0 spiro atoms. The molecule has 10 nitrogen and oxygen atoms in total. The highest BCUT2D eigenvalue weighted by Crippen LogP contribution is 2.36. The summed E-state index contributed by atoms with van der Waals surface area (Å²) in [6.45, 7) is 0.780. The van der Waals surface area contributed by atoms with Crippen molar-refractivity contribution in [3.05, 3.63) is 94.0 Å². The molecule has 2 aliphatic rings. The van der Waals surface area contributed by atoms with Crippen LogP contribution in [0.1, 0.15) is 41.6 Å². The smallest absolute Gasteiger partial charge is 0.300 e. The van der Waals surface area contributed by atoms with Crippen LogP contribution >= 0.6 is 23.2 Å². The molecule has 2 heterocycles. The predicted molar refractivity (Wildman–Crippen MR) is 175 cm³/mol. The highest BCUT2D eigenvalue weighted by atomic mass is 35.5. The Hall–Kier alpha value is -3.07. The average molecular weight is 722 g/mol. The van der Waals surface area contributed by atoms with Gasteiger partial charge in [0.25, 0.3) is 10.1 Å². The van der Waals surface area contributed by atoms with Crippen molar-refractivity contribution in [2.45, 2.75) is 47.7 Å². The van der Waals surface area contributed by atoms with Crippen molar-refractivity contribution in [3.63, 3.8) is 0 Å². The molecule has 0 aliphatic carbocycles. The van der Waals surface area contributed by atoms with Gasteiger partial charge < -0.3 is 14.2 Å². The van der Waals surface area contributed by atoms with E-state index < -0.39 is 20.2 Å². The van der Waals surface area contributed by atoms with Gasteiger partial charge >= 0.3 is 10.1 Å². The number of ether oxygens (including phenoxy) is 3. The Morgan fingerprint density at radius 1 is 0.745 bits per heavy atom. The Morgan fingerprint density at radius 3 is 2.04 bits per heavy atom. The number of carbonyl (C=O) groups excluding carboxylic acids is 1. The van der Waals surface area contributed by atoms with Gasteiger partial charge in [-0.25, -0.2) is 0 Å². The molecular formula is C33H30Cl2O10S2. The van der Waals surface area contributed by atoms with Gasteiger partial charge in [0, 0.05) is 29.4 Å². The fraction of sp³-hybridized carbons (Fsp3) is 0.303. The molecule has 6 rings (SSSR count). The van der Waals surface area contributed by atoms with Gasteiger partial charge in [0.15, 0.2) is 5.78 Å². The van der Waals surface area contributed by atoms with Crippen LogP contribution in [0.2, 0.25) is 10.0 Å². The normalized spacial score (nSPS) is 18.5. The lowest BCUT2D eigenvalue weighted by atomic mass is 10.0. The molecule has 0 radical (unpaired) electrons. The first-order valence-electron chi connectivity index (χ1n) is 14.9. The number of carbonyl (C=O) groups is 1. The first kappa shape index (κ1) is 33.8. The second-order valence-electron chi connectivity index (χ2n) is 11.1. The van der Waals surface area contributed by atoms with Crippen molar-refractivity contribution >= 4 is 60.0 Å². The maximum absolute atomic E-state index is 13.6. The topological polar surface area (TPSA) is 132 Å². The van der Waals surface area contributed by atoms with E-state index in [0.29, 0.717) is 47.4 Å². The number of ketones is 1. The summed E-state index contributed by atoms with van der Waals surface area (Å²) < 4.78 is 80.7. The lowest BCUT2D eigenvalue weighted by molar-refractivity contribution is 0.0700. The molecular weight excluding hydrogens is 691 g/mol. The van der Waals surface area contributed by atoms with Crippen LogP contribution in [0.25, 0.3) is 10.8 Å². The summed E-state index contributed by atoms with van der Waals surface area (Å²) in [4.78, 5) is 12.6. The number of hydrogen-bond donors (Lipinski definition) is 0. The quantitative estimate of drug-likeness (QED) is 0.112. The van der Waals surface area contributed by atoms with E-state index in [4.69, 9.17) is 45.8 Å². The molecule has 2 fully saturated rings. The molecule has 2 saturated heterocycles.